The number of hydrogen-bond acceptors (Lipinski definition) is 1. The largest absolute Gasteiger partial charge is 0.293 e. The van der Waals surface area contributed by atoms with Crippen LogP contribution in [0.2, 0.25) is 99.7 Å². The van der Waals surface area contributed by atoms with Gasteiger partial charge in [0.05, 0.1) is 32.3 Å². The lowest BCUT2D eigenvalue weighted by Crippen LogP contribution is -2.37. The van der Waals surface area contributed by atoms with Crippen LogP contribution in [0, 0.1) is 0 Å². The number of aliphatic imine (C=N–C) groups is 1. The Hall–Kier alpha value is -1.02. The first-order valence-electron chi connectivity index (χ1n) is 15.8. The fourth-order valence-corrected chi connectivity index (χ4v) is 18.9. The van der Waals surface area contributed by atoms with Gasteiger partial charge in [-0.3, -0.25) is 4.99 Å². The van der Waals surface area contributed by atoms with Crippen molar-refractivity contribution in [2.24, 2.45) is 4.99 Å². The smallest absolute Gasteiger partial charge is 0.0536 e. The van der Waals surface area contributed by atoms with E-state index in [4.69, 9.17) is 4.99 Å². The number of allylic oxidation sites excluding steroid dienone is 3. The first-order valence-corrected chi connectivity index (χ1v) is 28.8. The van der Waals surface area contributed by atoms with E-state index >= 15 is 0 Å². The zero-order valence-electron chi connectivity index (χ0n) is 26.9. The maximum atomic E-state index is 4.86. The predicted octanol–water partition coefficient (Wildman–Crippen LogP) is 11.8. The molecule has 0 amide bonds. The molecule has 1 aromatic rings. The van der Waals surface area contributed by atoms with Crippen molar-refractivity contribution in [3.63, 3.8) is 0 Å². The molecule has 0 fully saturated rings. The molecule has 0 radical (unpaired) electrons. The van der Waals surface area contributed by atoms with Crippen LogP contribution in [0.25, 0.3) is 0 Å². The van der Waals surface area contributed by atoms with Gasteiger partial charge in [-0.15, -0.1) is 19.7 Å². The highest BCUT2D eigenvalue weighted by Crippen LogP contribution is 2.37. The molecule has 0 saturated carbocycles. The Kier molecular flexibility index (Phi) is 17.0. The molecule has 1 nitrogen and oxygen atoms in total. The second-order valence-corrected chi connectivity index (χ2v) is 35.3. The standard InChI is InChI=1S/C34H63NSi4/c1-10-23-36(4,5)26-17-30-39(31-18-27-37(6,7)24-11-2,32-19-28-38(8,9)25-12-3)29-16-22-35-33-34-20-14-13-15-21-34/h10-15,20-21,33H,1-3,16-19,22-32H2,4-9H3/b35-33+. The van der Waals surface area contributed by atoms with Crippen molar-refractivity contribution >= 4 is 38.5 Å². The van der Waals surface area contributed by atoms with Gasteiger partial charge in [0.25, 0.3) is 0 Å². The van der Waals surface area contributed by atoms with Crippen LogP contribution in [-0.2, 0) is 0 Å². The summed E-state index contributed by atoms with van der Waals surface area (Å²) in [5, 5.41) is 0. The molecule has 0 bridgehead atoms. The molecule has 0 aliphatic heterocycles. The van der Waals surface area contributed by atoms with Crippen molar-refractivity contribution in [3.8, 4) is 0 Å². The van der Waals surface area contributed by atoms with Crippen molar-refractivity contribution in [1.82, 2.24) is 0 Å². The van der Waals surface area contributed by atoms with Crippen molar-refractivity contribution in [2.45, 2.75) is 125 Å². The monoisotopic (exact) mass is 597 g/mol. The molecule has 1 aromatic carbocycles. The van der Waals surface area contributed by atoms with Crippen LogP contribution in [-0.4, -0.2) is 45.1 Å². The molecular weight excluding hydrogens is 535 g/mol. The molecule has 0 aliphatic carbocycles. The summed E-state index contributed by atoms with van der Waals surface area (Å²) in [4.78, 5) is 4.86. The van der Waals surface area contributed by atoms with E-state index in [1.165, 1.54) is 91.7 Å². The van der Waals surface area contributed by atoms with Gasteiger partial charge in [-0.25, -0.2) is 0 Å². The molecule has 0 atom stereocenters. The lowest BCUT2D eigenvalue weighted by Gasteiger charge is -2.35. The molecule has 0 aromatic heterocycles. The summed E-state index contributed by atoms with van der Waals surface area (Å²) >= 11 is 0. The van der Waals surface area contributed by atoms with Crippen LogP contribution in [0.15, 0.2) is 73.3 Å². The SMILES string of the molecule is C=CC[Si](C)(C)CCC[Si](CCC/N=C/c1ccccc1)(CCC[Si](C)(C)CC=C)CCC[Si](C)(C)CC=C. The number of benzene rings is 1. The molecule has 1 rings (SSSR count). The van der Waals surface area contributed by atoms with E-state index < -0.39 is 32.3 Å². The third-order valence-electron chi connectivity index (χ3n) is 8.81. The first-order chi connectivity index (χ1) is 18.4. The maximum Gasteiger partial charge on any atom is 0.0536 e. The van der Waals surface area contributed by atoms with Crippen molar-refractivity contribution in [1.29, 1.82) is 0 Å². The zero-order valence-corrected chi connectivity index (χ0v) is 30.9. The van der Waals surface area contributed by atoms with Gasteiger partial charge in [-0.1, -0.05) is 149 Å². The van der Waals surface area contributed by atoms with E-state index in [9.17, 15) is 0 Å². The summed E-state index contributed by atoms with van der Waals surface area (Å²) in [5.74, 6) is 0. The Morgan fingerprint density at radius 3 is 1.33 bits per heavy atom. The maximum absolute atomic E-state index is 4.86. The van der Waals surface area contributed by atoms with E-state index in [1.54, 1.807) is 0 Å². The second-order valence-electron chi connectivity index (χ2n) is 14.6. The van der Waals surface area contributed by atoms with E-state index in [0.29, 0.717) is 0 Å². The van der Waals surface area contributed by atoms with E-state index in [0.717, 1.165) is 6.54 Å². The Morgan fingerprint density at radius 1 is 0.564 bits per heavy atom. The van der Waals surface area contributed by atoms with Crippen LogP contribution < -0.4 is 0 Å². The average molecular weight is 598 g/mol. The van der Waals surface area contributed by atoms with Crippen molar-refractivity contribution in [3.05, 3.63) is 73.9 Å². The Morgan fingerprint density at radius 2 is 0.949 bits per heavy atom. The minimum atomic E-state index is -1.38. The van der Waals surface area contributed by atoms with Gasteiger partial charge in [0.1, 0.15) is 0 Å². The second kappa shape index (κ2) is 18.4. The molecule has 0 unspecified atom stereocenters. The van der Waals surface area contributed by atoms with Crippen molar-refractivity contribution < 1.29 is 0 Å². The minimum Gasteiger partial charge on any atom is -0.293 e. The topological polar surface area (TPSA) is 12.4 Å². The van der Waals surface area contributed by atoms with Gasteiger partial charge in [-0.2, -0.15) is 0 Å². The van der Waals surface area contributed by atoms with E-state index in [1.807, 2.05) is 0 Å². The fourth-order valence-electron chi connectivity index (χ4n) is 6.31. The van der Waals surface area contributed by atoms with Gasteiger partial charge >= 0.3 is 0 Å². The van der Waals surface area contributed by atoms with Crippen LogP contribution >= 0.6 is 0 Å². The average Bonchev–Trinajstić information content (AvgIpc) is 2.84. The van der Waals surface area contributed by atoms with Crippen molar-refractivity contribution in [2.75, 3.05) is 6.54 Å². The Labute approximate surface area is 248 Å². The molecule has 0 N–H and O–H groups in total. The summed E-state index contributed by atoms with van der Waals surface area (Å²) < 4.78 is 0. The molecular formula is C34H63NSi4. The predicted molar refractivity (Wildman–Crippen MR) is 194 cm³/mol. The number of rotatable bonds is 23. The minimum absolute atomic E-state index is 0.980. The number of nitrogens with zero attached hydrogens (tertiary/aromatic N) is 1. The Bertz CT molecular complexity index is 788. The summed E-state index contributed by atoms with van der Waals surface area (Å²) in [6.45, 7) is 28.6. The summed E-state index contributed by atoms with van der Waals surface area (Å²) in [7, 11) is -4.85. The van der Waals surface area contributed by atoms with Gasteiger partial charge in [-0.05, 0) is 30.1 Å². The van der Waals surface area contributed by atoms with Crippen LogP contribution in [0.3, 0.4) is 0 Å². The highest BCUT2D eigenvalue weighted by Gasteiger charge is 2.34. The van der Waals surface area contributed by atoms with Gasteiger partial charge < -0.3 is 0 Å². The quantitative estimate of drug-likeness (QED) is 0.0515. The van der Waals surface area contributed by atoms with Gasteiger partial charge in [0, 0.05) is 12.8 Å². The zero-order chi connectivity index (χ0) is 29.3. The lowest BCUT2D eigenvalue weighted by atomic mass is 10.2. The highest BCUT2D eigenvalue weighted by molar-refractivity contribution is 6.82. The van der Waals surface area contributed by atoms with E-state index in [2.05, 4.69) is 114 Å². The summed E-state index contributed by atoms with van der Waals surface area (Å²) in [5.41, 5.74) is 1.22. The van der Waals surface area contributed by atoms with Crippen LogP contribution in [0.5, 0.6) is 0 Å². The molecule has 39 heavy (non-hydrogen) atoms. The lowest BCUT2D eigenvalue weighted by molar-refractivity contribution is 0.839. The van der Waals surface area contributed by atoms with Gasteiger partial charge in [0.15, 0.2) is 0 Å². The summed E-state index contributed by atoms with van der Waals surface area (Å²) in [6.07, 6.45) is 14.2. The summed E-state index contributed by atoms with van der Waals surface area (Å²) in [6, 6.07) is 24.9. The molecule has 0 heterocycles. The van der Waals surface area contributed by atoms with E-state index in [-0.39, 0.29) is 0 Å². The Balaban J connectivity index is 3.02. The number of hydrogen-bond donors (Lipinski definition) is 0. The first kappa shape index (κ1) is 36.0. The molecule has 220 valence electrons. The molecule has 0 spiro atoms. The third kappa shape index (κ3) is 16.7. The normalized spacial score (nSPS) is 13.1. The van der Waals surface area contributed by atoms with Gasteiger partial charge in [0.2, 0.25) is 0 Å². The van der Waals surface area contributed by atoms with Crippen LogP contribution in [0.4, 0.5) is 0 Å². The van der Waals surface area contributed by atoms with Crippen LogP contribution in [0.1, 0.15) is 31.2 Å². The highest BCUT2D eigenvalue weighted by atomic mass is 28.3. The fraction of sp³-hybridized carbons (Fsp3) is 0.618. The molecule has 0 saturated heterocycles. The molecule has 0 aliphatic rings. The third-order valence-corrected chi connectivity index (χ3v) is 23.8. The molecule has 5 heteroatoms.